The lowest BCUT2D eigenvalue weighted by Gasteiger charge is -2.19. The van der Waals surface area contributed by atoms with Gasteiger partial charge >= 0.3 is 0 Å². The number of hydrogen-bond donors (Lipinski definition) is 0. The van der Waals surface area contributed by atoms with Crippen molar-refractivity contribution in [2.75, 3.05) is 19.1 Å². The normalized spacial score (nSPS) is 10.1. The monoisotopic (exact) mass is 293 g/mol. The van der Waals surface area contributed by atoms with Crippen molar-refractivity contribution >= 4 is 27.4 Å². The lowest BCUT2D eigenvalue weighted by atomic mass is 10.3. The maximum absolute atomic E-state index is 5.20. The first-order valence-corrected chi connectivity index (χ1v) is 5.85. The van der Waals surface area contributed by atoms with Gasteiger partial charge in [-0.25, -0.2) is 9.97 Å². The molecule has 0 unspecified atom stereocenters. The molecule has 88 valence electrons. The van der Waals surface area contributed by atoms with E-state index in [0.29, 0.717) is 0 Å². The summed E-state index contributed by atoms with van der Waals surface area (Å²) in [5.74, 6) is 1.63. The summed E-state index contributed by atoms with van der Waals surface area (Å²) in [5, 5.41) is 0. The number of halogens is 1. The summed E-state index contributed by atoms with van der Waals surface area (Å²) in [5.41, 5.74) is 1.00. The van der Waals surface area contributed by atoms with E-state index in [1.165, 1.54) is 6.33 Å². The number of ether oxygens (including phenoxy) is 1. The van der Waals surface area contributed by atoms with E-state index in [2.05, 4.69) is 25.9 Å². The molecule has 0 saturated carbocycles. The maximum atomic E-state index is 5.20. The standard InChI is InChI=1S/C12H12BrN3O/c1-16(12-11(13)7-14-8-15-12)9-4-3-5-10(6-9)17-2/h3-8H,1-2H3. The Morgan fingerprint density at radius 3 is 2.88 bits per heavy atom. The second kappa shape index (κ2) is 5.14. The molecular weight excluding hydrogens is 282 g/mol. The van der Waals surface area contributed by atoms with Crippen molar-refractivity contribution in [2.45, 2.75) is 0 Å². The largest absolute Gasteiger partial charge is 0.497 e. The van der Waals surface area contributed by atoms with E-state index in [9.17, 15) is 0 Å². The third kappa shape index (κ3) is 2.55. The number of hydrogen-bond acceptors (Lipinski definition) is 4. The van der Waals surface area contributed by atoms with Gasteiger partial charge in [-0.2, -0.15) is 0 Å². The summed E-state index contributed by atoms with van der Waals surface area (Å²) in [7, 11) is 3.60. The molecule has 0 bridgehead atoms. The average Bonchev–Trinajstić information content (AvgIpc) is 2.38. The highest BCUT2D eigenvalue weighted by molar-refractivity contribution is 9.10. The Labute approximate surface area is 108 Å². The summed E-state index contributed by atoms with van der Waals surface area (Å²) in [6.45, 7) is 0. The van der Waals surface area contributed by atoms with Crippen molar-refractivity contribution in [1.82, 2.24) is 9.97 Å². The Hall–Kier alpha value is -1.62. The van der Waals surface area contributed by atoms with Crippen LogP contribution in [0.1, 0.15) is 0 Å². The number of anilines is 2. The highest BCUT2D eigenvalue weighted by Crippen LogP contribution is 2.29. The number of benzene rings is 1. The SMILES string of the molecule is COc1cccc(N(C)c2ncncc2Br)c1. The Morgan fingerprint density at radius 1 is 1.35 bits per heavy atom. The molecule has 0 aliphatic carbocycles. The molecule has 0 amide bonds. The Kier molecular flexibility index (Phi) is 3.58. The average molecular weight is 294 g/mol. The molecule has 0 N–H and O–H groups in total. The van der Waals surface area contributed by atoms with Crippen LogP contribution in [0, 0.1) is 0 Å². The minimum atomic E-state index is 0.813. The zero-order valence-corrected chi connectivity index (χ0v) is 11.2. The van der Waals surface area contributed by atoms with Crippen LogP contribution in [0.5, 0.6) is 5.75 Å². The molecule has 2 rings (SSSR count). The molecule has 17 heavy (non-hydrogen) atoms. The van der Waals surface area contributed by atoms with Gasteiger partial charge in [-0.15, -0.1) is 0 Å². The molecule has 0 aliphatic rings. The Morgan fingerprint density at radius 2 is 2.18 bits per heavy atom. The van der Waals surface area contributed by atoms with Gasteiger partial charge in [-0.05, 0) is 28.1 Å². The lowest BCUT2D eigenvalue weighted by molar-refractivity contribution is 0.415. The van der Waals surface area contributed by atoms with E-state index in [0.717, 1.165) is 21.7 Å². The van der Waals surface area contributed by atoms with E-state index in [1.54, 1.807) is 13.3 Å². The number of rotatable bonds is 3. The van der Waals surface area contributed by atoms with Crippen LogP contribution in [-0.4, -0.2) is 24.1 Å². The molecule has 0 fully saturated rings. The van der Waals surface area contributed by atoms with Crippen molar-refractivity contribution in [3.63, 3.8) is 0 Å². The molecule has 2 aromatic rings. The van der Waals surface area contributed by atoms with E-state index in [1.807, 2.05) is 36.2 Å². The first-order valence-electron chi connectivity index (χ1n) is 5.05. The predicted octanol–water partition coefficient (Wildman–Crippen LogP) is 3.02. The second-order valence-corrected chi connectivity index (χ2v) is 4.31. The summed E-state index contributed by atoms with van der Waals surface area (Å²) >= 11 is 3.43. The number of aromatic nitrogens is 2. The second-order valence-electron chi connectivity index (χ2n) is 3.45. The van der Waals surface area contributed by atoms with Crippen molar-refractivity contribution in [3.05, 3.63) is 41.3 Å². The van der Waals surface area contributed by atoms with Gasteiger partial charge in [-0.1, -0.05) is 6.07 Å². The fourth-order valence-electron chi connectivity index (χ4n) is 1.49. The maximum Gasteiger partial charge on any atom is 0.150 e. The summed E-state index contributed by atoms with van der Waals surface area (Å²) in [6, 6.07) is 7.80. The summed E-state index contributed by atoms with van der Waals surface area (Å²) in [4.78, 5) is 10.1. The van der Waals surface area contributed by atoms with E-state index < -0.39 is 0 Å². The van der Waals surface area contributed by atoms with Crippen LogP contribution in [0.3, 0.4) is 0 Å². The van der Waals surface area contributed by atoms with Crippen LogP contribution >= 0.6 is 15.9 Å². The minimum absolute atomic E-state index is 0.813. The Bertz CT molecular complexity index is 519. The van der Waals surface area contributed by atoms with Gasteiger partial charge in [0.15, 0.2) is 5.82 Å². The highest BCUT2D eigenvalue weighted by Gasteiger charge is 2.09. The first-order chi connectivity index (χ1) is 8.22. The van der Waals surface area contributed by atoms with Crippen LogP contribution in [0.25, 0.3) is 0 Å². The molecule has 0 spiro atoms. The molecule has 1 aromatic carbocycles. The van der Waals surface area contributed by atoms with Gasteiger partial charge < -0.3 is 9.64 Å². The van der Waals surface area contributed by atoms with Crippen LogP contribution in [0.4, 0.5) is 11.5 Å². The predicted molar refractivity (Wildman–Crippen MR) is 70.8 cm³/mol. The van der Waals surface area contributed by atoms with Gasteiger partial charge in [0.2, 0.25) is 0 Å². The number of methoxy groups -OCH3 is 1. The fraction of sp³-hybridized carbons (Fsp3) is 0.167. The summed E-state index contributed by atoms with van der Waals surface area (Å²) < 4.78 is 6.05. The zero-order valence-electron chi connectivity index (χ0n) is 9.59. The van der Waals surface area contributed by atoms with E-state index >= 15 is 0 Å². The molecule has 1 heterocycles. The first kappa shape index (κ1) is 11.9. The Balaban J connectivity index is 2.37. The van der Waals surface area contributed by atoms with Crippen LogP contribution in [-0.2, 0) is 0 Å². The van der Waals surface area contributed by atoms with Gasteiger partial charge in [0.25, 0.3) is 0 Å². The molecule has 1 aromatic heterocycles. The zero-order chi connectivity index (χ0) is 12.3. The number of nitrogens with zero attached hydrogens (tertiary/aromatic N) is 3. The highest BCUT2D eigenvalue weighted by atomic mass is 79.9. The smallest absolute Gasteiger partial charge is 0.150 e. The molecule has 0 atom stereocenters. The summed E-state index contributed by atoms with van der Waals surface area (Å²) in [6.07, 6.45) is 3.25. The molecular formula is C12H12BrN3O. The molecule has 4 nitrogen and oxygen atoms in total. The van der Waals surface area contributed by atoms with Gasteiger partial charge in [0.05, 0.1) is 11.6 Å². The third-order valence-electron chi connectivity index (χ3n) is 2.41. The lowest BCUT2D eigenvalue weighted by Crippen LogP contribution is -2.12. The van der Waals surface area contributed by atoms with Gasteiger partial charge in [0, 0.05) is 25.0 Å². The van der Waals surface area contributed by atoms with Gasteiger partial charge in [-0.3, -0.25) is 0 Å². The third-order valence-corrected chi connectivity index (χ3v) is 2.97. The van der Waals surface area contributed by atoms with Crippen molar-refractivity contribution in [3.8, 4) is 5.75 Å². The van der Waals surface area contributed by atoms with Gasteiger partial charge in [0.1, 0.15) is 12.1 Å². The molecule has 0 aliphatic heterocycles. The fourth-order valence-corrected chi connectivity index (χ4v) is 1.98. The van der Waals surface area contributed by atoms with Crippen molar-refractivity contribution in [2.24, 2.45) is 0 Å². The van der Waals surface area contributed by atoms with Crippen LogP contribution in [0.15, 0.2) is 41.3 Å². The molecule has 0 radical (unpaired) electrons. The van der Waals surface area contributed by atoms with E-state index in [4.69, 9.17) is 4.74 Å². The van der Waals surface area contributed by atoms with Crippen molar-refractivity contribution < 1.29 is 4.74 Å². The molecule has 5 heteroatoms. The van der Waals surface area contributed by atoms with Crippen LogP contribution < -0.4 is 9.64 Å². The molecule has 0 saturated heterocycles. The van der Waals surface area contributed by atoms with E-state index in [-0.39, 0.29) is 0 Å². The quantitative estimate of drug-likeness (QED) is 0.872. The van der Waals surface area contributed by atoms with Crippen molar-refractivity contribution in [1.29, 1.82) is 0 Å². The topological polar surface area (TPSA) is 38.2 Å². The van der Waals surface area contributed by atoms with Crippen LogP contribution in [0.2, 0.25) is 0 Å². The minimum Gasteiger partial charge on any atom is -0.497 e.